The molecule has 1 heterocycles. The lowest BCUT2D eigenvalue weighted by atomic mass is 10.1. The number of thiazole rings is 1. The summed E-state index contributed by atoms with van der Waals surface area (Å²) in [7, 11) is 0. The third-order valence-electron chi connectivity index (χ3n) is 3.31. The molecule has 7 heteroatoms. The van der Waals surface area contributed by atoms with Crippen LogP contribution in [0.5, 0.6) is 0 Å². The van der Waals surface area contributed by atoms with Crippen LogP contribution in [0.4, 0.5) is 13.9 Å². The van der Waals surface area contributed by atoms with Crippen LogP contribution < -0.4 is 5.32 Å². The van der Waals surface area contributed by atoms with Crippen LogP contribution >= 0.6 is 33.9 Å². The fourth-order valence-corrected chi connectivity index (χ4v) is 3.72. The van der Waals surface area contributed by atoms with Crippen LogP contribution in [-0.4, -0.2) is 10.9 Å². The molecule has 0 spiro atoms. The molecule has 3 nitrogen and oxygen atoms in total. The van der Waals surface area contributed by atoms with Gasteiger partial charge in [-0.1, -0.05) is 0 Å². The average Bonchev–Trinajstić information content (AvgIpc) is 2.88. The molecule has 0 radical (unpaired) electrons. The van der Waals surface area contributed by atoms with Crippen molar-refractivity contribution in [3.8, 4) is 11.3 Å². The van der Waals surface area contributed by atoms with Gasteiger partial charge in [0.05, 0.1) is 11.3 Å². The second-order valence-corrected chi connectivity index (χ2v) is 7.37. The van der Waals surface area contributed by atoms with Crippen LogP contribution in [0.15, 0.2) is 42.5 Å². The molecule has 24 heavy (non-hydrogen) atoms. The zero-order valence-electron chi connectivity index (χ0n) is 12.4. The summed E-state index contributed by atoms with van der Waals surface area (Å²) in [5.41, 5.74) is 1.86. The molecule has 1 amide bonds. The molecule has 0 bridgehead atoms. The van der Waals surface area contributed by atoms with Gasteiger partial charge in [-0.2, -0.15) is 0 Å². The SMILES string of the molecule is Cc1sc(NC(=O)c2ccc(F)cc2I)nc1-c1ccc(F)cc1. The normalized spacial score (nSPS) is 10.7. The summed E-state index contributed by atoms with van der Waals surface area (Å²) in [6.07, 6.45) is 0. The topological polar surface area (TPSA) is 42.0 Å². The Bertz CT molecular complexity index is 909. The van der Waals surface area contributed by atoms with E-state index in [0.29, 0.717) is 20.0 Å². The Labute approximate surface area is 154 Å². The van der Waals surface area contributed by atoms with Gasteiger partial charge in [-0.15, -0.1) is 11.3 Å². The number of nitrogens with zero attached hydrogens (tertiary/aromatic N) is 1. The molecule has 0 unspecified atom stereocenters. The molecule has 3 rings (SSSR count). The minimum absolute atomic E-state index is 0.314. The van der Waals surface area contributed by atoms with Crippen molar-refractivity contribution in [3.05, 3.63) is 68.1 Å². The number of amides is 1. The van der Waals surface area contributed by atoms with Crippen LogP contribution in [0, 0.1) is 22.1 Å². The van der Waals surface area contributed by atoms with E-state index in [1.54, 1.807) is 12.1 Å². The molecular weight excluding hydrogens is 445 g/mol. The maximum Gasteiger partial charge on any atom is 0.258 e. The number of carbonyl (C=O) groups excluding carboxylic acids is 1. The van der Waals surface area contributed by atoms with Crippen molar-refractivity contribution in [1.82, 2.24) is 4.98 Å². The number of nitrogens with one attached hydrogen (secondary N) is 1. The smallest absolute Gasteiger partial charge is 0.258 e. The van der Waals surface area contributed by atoms with Crippen LogP contribution in [0.1, 0.15) is 15.2 Å². The molecule has 0 aliphatic heterocycles. The first-order chi connectivity index (χ1) is 11.4. The Morgan fingerprint density at radius 3 is 2.46 bits per heavy atom. The molecule has 3 aromatic rings. The highest BCUT2D eigenvalue weighted by Crippen LogP contribution is 2.30. The maximum atomic E-state index is 13.1. The van der Waals surface area contributed by atoms with E-state index in [1.807, 2.05) is 29.5 Å². The Balaban J connectivity index is 1.85. The summed E-state index contributed by atoms with van der Waals surface area (Å²) in [5, 5.41) is 3.17. The lowest BCUT2D eigenvalue weighted by molar-refractivity contribution is 0.102. The molecule has 122 valence electrons. The van der Waals surface area contributed by atoms with Gasteiger partial charge in [0.1, 0.15) is 11.6 Å². The van der Waals surface area contributed by atoms with E-state index in [9.17, 15) is 13.6 Å². The summed E-state index contributed by atoms with van der Waals surface area (Å²) in [5.74, 6) is -1.05. The molecule has 0 saturated carbocycles. The molecule has 2 aromatic carbocycles. The van der Waals surface area contributed by atoms with E-state index in [4.69, 9.17) is 0 Å². The van der Waals surface area contributed by atoms with Crippen LogP contribution in [0.25, 0.3) is 11.3 Å². The molecule has 0 saturated heterocycles. The largest absolute Gasteiger partial charge is 0.298 e. The molecule has 0 aliphatic rings. The minimum Gasteiger partial charge on any atom is -0.298 e. The highest BCUT2D eigenvalue weighted by Gasteiger charge is 2.15. The number of carbonyl (C=O) groups is 1. The average molecular weight is 456 g/mol. The number of aromatic nitrogens is 1. The Kier molecular flexibility index (Phi) is 4.91. The lowest BCUT2D eigenvalue weighted by Crippen LogP contribution is -2.13. The first-order valence-corrected chi connectivity index (χ1v) is 8.83. The van der Waals surface area contributed by atoms with Gasteiger partial charge in [0, 0.05) is 14.0 Å². The molecule has 0 aliphatic carbocycles. The third-order valence-corrected chi connectivity index (χ3v) is 5.09. The summed E-state index contributed by atoms with van der Waals surface area (Å²) in [4.78, 5) is 17.6. The van der Waals surface area contributed by atoms with Gasteiger partial charge in [0.15, 0.2) is 5.13 Å². The second kappa shape index (κ2) is 6.94. The fourth-order valence-electron chi connectivity index (χ4n) is 2.16. The summed E-state index contributed by atoms with van der Waals surface area (Å²) < 4.78 is 26.7. The third kappa shape index (κ3) is 3.62. The van der Waals surface area contributed by atoms with Crippen molar-refractivity contribution in [3.63, 3.8) is 0 Å². The van der Waals surface area contributed by atoms with E-state index >= 15 is 0 Å². The Morgan fingerprint density at radius 1 is 1.12 bits per heavy atom. The van der Waals surface area contributed by atoms with Crippen molar-refractivity contribution < 1.29 is 13.6 Å². The Hall–Kier alpha value is -1.87. The van der Waals surface area contributed by atoms with Crippen molar-refractivity contribution in [2.24, 2.45) is 0 Å². The number of rotatable bonds is 3. The van der Waals surface area contributed by atoms with E-state index in [2.05, 4.69) is 10.3 Å². The monoisotopic (exact) mass is 456 g/mol. The fraction of sp³-hybridized carbons (Fsp3) is 0.0588. The zero-order chi connectivity index (χ0) is 17.3. The first-order valence-electron chi connectivity index (χ1n) is 6.94. The summed E-state index contributed by atoms with van der Waals surface area (Å²) in [6.45, 7) is 1.88. The highest BCUT2D eigenvalue weighted by atomic mass is 127. The number of anilines is 1. The van der Waals surface area contributed by atoms with Crippen LogP contribution in [0.2, 0.25) is 0 Å². The number of hydrogen-bond donors (Lipinski definition) is 1. The quantitative estimate of drug-likeness (QED) is 0.547. The molecular formula is C17H11F2IN2OS. The molecule has 0 fully saturated rings. The highest BCUT2D eigenvalue weighted by molar-refractivity contribution is 14.1. The van der Waals surface area contributed by atoms with Gasteiger partial charge >= 0.3 is 0 Å². The predicted octanol–water partition coefficient (Wildman–Crippen LogP) is 5.25. The van der Waals surface area contributed by atoms with Gasteiger partial charge in [0.2, 0.25) is 0 Å². The minimum atomic E-state index is -0.389. The number of halogens is 3. The number of aryl methyl sites for hydroxylation is 1. The van der Waals surface area contributed by atoms with Crippen LogP contribution in [0.3, 0.4) is 0 Å². The Morgan fingerprint density at radius 2 is 1.79 bits per heavy atom. The number of benzene rings is 2. The van der Waals surface area contributed by atoms with Crippen molar-refractivity contribution >= 4 is 45.0 Å². The lowest BCUT2D eigenvalue weighted by Gasteiger charge is -2.04. The van der Waals surface area contributed by atoms with Gasteiger partial charge in [-0.3, -0.25) is 10.1 Å². The van der Waals surface area contributed by atoms with E-state index in [-0.39, 0.29) is 17.5 Å². The first kappa shape index (κ1) is 17.0. The van der Waals surface area contributed by atoms with Crippen molar-refractivity contribution in [1.29, 1.82) is 0 Å². The van der Waals surface area contributed by atoms with Gasteiger partial charge in [-0.05, 0) is 72.0 Å². The van der Waals surface area contributed by atoms with Gasteiger partial charge in [-0.25, -0.2) is 13.8 Å². The van der Waals surface area contributed by atoms with Gasteiger partial charge < -0.3 is 0 Å². The standard InChI is InChI=1S/C17H11F2IN2OS/c1-9-15(10-2-4-11(18)5-3-10)21-17(24-9)22-16(23)13-7-6-12(19)8-14(13)20/h2-8H,1H3,(H,21,22,23). The second-order valence-electron chi connectivity index (χ2n) is 5.01. The maximum absolute atomic E-state index is 13.1. The van der Waals surface area contributed by atoms with E-state index < -0.39 is 0 Å². The van der Waals surface area contributed by atoms with E-state index in [0.717, 1.165) is 10.4 Å². The van der Waals surface area contributed by atoms with Crippen molar-refractivity contribution in [2.75, 3.05) is 5.32 Å². The zero-order valence-corrected chi connectivity index (χ0v) is 15.4. The number of hydrogen-bond acceptors (Lipinski definition) is 3. The van der Waals surface area contributed by atoms with Gasteiger partial charge in [0.25, 0.3) is 5.91 Å². The summed E-state index contributed by atoms with van der Waals surface area (Å²) >= 11 is 3.25. The van der Waals surface area contributed by atoms with Crippen molar-refractivity contribution in [2.45, 2.75) is 6.92 Å². The molecule has 1 N–H and O–H groups in total. The van der Waals surface area contributed by atoms with Crippen LogP contribution in [-0.2, 0) is 0 Å². The molecule has 0 atom stereocenters. The van der Waals surface area contributed by atoms with E-state index in [1.165, 1.54) is 41.7 Å². The predicted molar refractivity (Wildman–Crippen MR) is 99.3 cm³/mol. The molecule has 1 aromatic heterocycles. The summed E-state index contributed by atoms with van der Waals surface area (Å²) in [6, 6.07) is 10.0.